The highest BCUT2D eigenvalue weighted by atomic mass is 16.6. The molecule has 3 aliphatic heterocycles. The van der Waals surface area contributed by atoms with E-state index in [1.165, 1.54) is 11.3 Å². The molecule has 2 aromatic heterocycles. The van der Waals surface area contributed by atoms with Gasteiger partial charge in [0.05, 0.1) is 36.8 Å². The van der Waals surface area contributed by atoms with Crippen LogP contribution in [0.2, 0.25) is 0 Å². The molecule has 3 aliphatic rings. The van der Waals surface area contributed by atoms with Gasteiger partial charge in [-0.3, -0.25) is 0 Å². The molecule has 30 heavy (non-hydrogen) atoms. The van der Waals surface area contributed by atoms with Crippen LogP contribution in [0.15, 0.2) is 30.6 Å². The van der Waals surface area contributed by atoms with Crippen LogP contribution in [-0.4, -0.2) is 65.6 Å². The first kappa shape index (κ1) is 19.4. The second-order valence-corrected chi connectivity index (χ2v) is 9.64. The van der Waals surface area contributed by atoms with Crippen molar-refractivity contribution in [1.29, 1.82) is 0 Å². The normalized spacial score (nSPS) is 24.3. The van der Waals surface area contributed by atoms with Gasteiger partial charge in [-0.15, -0.1) is 0 Å². The van der Waals surface area contributed by atoms with E-state index in [0.29, 0.717) is 24.9 Å². The molecule has 0 radical (unpaired) electrons. The first-order valence-electron chi connectivity index (χ1n) is 10.8. The van der Waals surface area contributed by atoms with Gasteiger partial charge in [0.2, 0.25) is 0 Å². The SMILES string of the molecule is CC(C)(C)OC(=O)N1CC=C(c2cnn3cc(N4C[C@H]5COC[C@H]5C4)ccc23)CC1. The maximum Gasteiger partial charge on any atom is 0.410 e. The van der Waals surface area contributed by atoms with E-state index >= 15 is 0 Å². The number of aromatic nitrogens is 2. The molecule has 0 saturated carbocycles. The molecule has 0 spiro atoms. The van der Waals surface area contributed by atoms with Gasteiger partial charge in [-0.05, 0) is 44.9 Å². The summed E-state index contributed by atoms with van der Waals surface area (Å²) in [4.78, 5) is 16.5. The van der Waals surface area contributed by atoms with E-state index in [4.69, 9.17) is 9.47 Å². The average molecular weight is 411 g/mol. The van der Waals surface area contributed by atoms with Crippen molar-refractivity contribution in [1.82, 2.24) is 14.5 Å². The number of rotatable bonds is 2. The molecule has 2 fully saturated rings. The lowest BCUT2D eigenvalue weighted by atomic mass is 10.0. The number of carbonyl (C=O) groups excluding carboxylic acids is 1. The Morgan fingerprint density at radius 2 is 1.97 bits per heavy atom. The number of ether oxygens (including phenoxy) is 2. The summed E-state index contributed by atoms with van der Waals surface area (Å²) in [5, 5.41) is 4.62. The van der Waals surface area contributed by atoms with E-state index in [9.17, 15) is 4.79 Å². The van der Waals surface area contributed by atoms with Crippen LogP contribution < -0.4 is 4.90 Å². The van der Waals surface area contributed by atoms with Crippen molar-refractivity contribution < 1.29 is 14.3 Å². The molecular formula is C23H30N4O3. The summed E-state index contributed by atoms with van der Waals surface area (Å²) in [7, 11) is 0. The summed E-state index contributed by atoms with van der Waals surface area (Å²) in [5.41, 5.74) is 4.25. The van der Waals surface area contributed by atoms with Crippen LogP contribution >= 0.6 is 0 Å². The van der Waals surface area contributed by atoms with E-state index in [-0.39, 0.29) is 6.09 Å². The fraction of sp³-hybridized carbons (Fsp3) is 0.565. The molecule has 160 valence electrons. The van der Waals surface area contributed by atoms with E-state index in [1.807, 2.05) is 31.5 Å². The van der Waals surface area contributed by atoms with E-state index in [0.717, 1.165) is 43.8 Å². The van der Waals surface area contributed by atoms with Crippen LogP contribution in [0.3, 0.4) is 0 Å². The lowest BCUT2D eigenvalue weighted by Crippen LogP contribution is -2.39. The zero-order valence-corrected chi connectivity index (χ0v) is 18.0. The molecule has 2 saturated heterocycles. The minimum absolute atomic E-state index is 0.247. The summed E-state index contributed by atoms with van der Waals surface area (Å²) in [6.45, 7) is 10.8. The molecular weight excluding hydrogens is 380 g/mol. The minimum Gasteiger partial charge on any atom is -0.444 e. The van der Waals surface area contributed by atoms with Crippen LogP contribution in [0.5, 0.6) is 0 Å². The van der Waals surface area contributed by atoms with E-state index in [2.05, 4.69) is 34.4 Å². The Balaban J connectivity index is 1.31. The Morgan fingerprint density at radius 3 is 2.63 bits per heavy atom. The number of carbonyl (C=O) groups is 1. The molecule has 7 heteroatoms. The summed E-state index contributed by atoms with van der Waals surface area (Å²) < 4.78 is 13.1. The van der Waals surface area contributed by atoms with Gasteiger partial charge < -0.3 is 19.3 Å². The predicted octanol–water partition coefficient (Wildman–Crippen LogP) is 3.44. The first-order chi connectivity index (χ1) is 14.4. The zero-order valence-electron chi connectivity index (χ0n) is 18.0. The third-order valence-electron chi connectivity index (χ3n) is 6.31. The number of fused-ring (bicyclic) bond motifs is 2. The number of pyridine rings is 1. The fourth-order valence-corrected chi connectivity index (χ4v) is 4.71. The van der Waals surface area contributed by atoms with Gasteiger partial charge >= 0.3 is 6.09 Å². The van der Waals surface area contributed by atoms with Gasteiger partial charge in [0.1, 0.15) is 5.60 Å². The maximum atomic E-state index is 12.3. The van der Waals surface area contributed by atoms with Gasteiger partial charge in [0, 0.05) is 43.6 Å². The van der Waals surface area contributed by atoms with Crippen molar-refractivity contribution in [2.75, 3.05) is 44.3 Å². The van der Waals surface area contributed by atoms with Gasteiger partial charge in [-0.25, -0.2) is 9.31 Å². The smallest absolute Gasteiger partial charge is 0.410 e. The highest BCUT2D eigenvalue weighted by molar-refractivity contribution is 5.80. The Hall–Kier alpha value is -2.54. The predicted molar refractivity (Wildman–Crippen MR) is 116 cm³/mol. The maximum absolute atomic E-state index is 12.3. The van der Waals surface area contributed by atoms with Gasteiger partial charge in [-0.1, -0.05) is 6.08 Å². The molecule has 0 unspecified atom stereocenters. The van der Waals surface area contributed by atoms with Gasteiger partial charge in [0.15, 0.2) is 0 Å². The molecule has 1 amide bonds. The quantitative estimate of drug-likeness (QED) is 0.759. The molecule has 7 nitrogen and oxygen atoms in total. The summed E-state index contributed by atoms with van der Waals surface area (Å²) in [6, 6.07) is 4.38. The van der Waals surface area contributed by atoms with E-state index < -0.39 is 5.60 Å². The average Bonchev–Trinajstić information content (AvgIpc) is 3.40. The molecule has 0 aromatic carbocycles. The highest BCUT2D eigenvalue weighted by Crippen LogP contribution is 2.33. The summed E-state index contributed by atoms with van der Waals surface area (Å²) in [6.07, 6.45) is 6.76. The monoisotopic (exact) mass is 410 g/mol. The molecule has 0 N–H and O–H groups in total. The third-order valence-corrected chi connectivity index (χ3v) is 6.31. The molecule has 2 aromatic rings. The third kappa shape index (κ3) is 3.67. The first-order valence-corrected chi connectivity index (χ1v) is 10.8. The van der Waals surface area contributed by atoms with Crippen molar-refractivity contribution in [2.45, 2.75) is 32.8 Å². The van der Waals surface area contributed by atoms with Crippen molar-refractivity contribution >= 4 is 22.9 Å². The highest BCUT2D eigenvalue weighted by Gasteiger charge is 2.37. The number of nitrogens with zero attached hydrogens (tertiary/aromatic N) is 4. The summed E-state index contributed by atoms with van der Waals surface area (Å²) in [5.74, 6) is 1.32. The molecule has 0 aliphatic carbocycles. The summed E-state index contributed by atoms with van der Waals surface area (Å²) >= 11 is 0. The van der Waals surface area contributed by atoms with Crippen LogP contribution in [0.1, 0.15) is 32.8 Å². The lowest BCUT2D eigenvalue weighted by Gasteiger charge is -2.29. The Labute approximate surface area is 177 Å². The van der Waals surface area contributed by atoms with Gasteiger partial charge in [0.25, 0.3) is 0 Å². The largest absolute Gasteiger partial charge is 0.444 e. The molecule has 0 bridgehead atoms. The van der Waals surface area contributed by atoms with Gasteiger partial charge in [-0.2, -0.15) is 5.10 Å². The number of hydrogen-bond acceptors (Lipinski definition) is 5. The van der Waals surface area contributed by atoms with Crippen molar-refractivity contribution in [3.8, 4) is 0 Å². The van der Waals surface area contributed by atoms with Crippen molar-refractivity contribution in [2.24, 2.45) is 11.8 Å². The van der Waals surface area contributed by atoms with Crippen LogP contribution in [0.4, 0.5) is 10.5 Å². The molecule has 5 rings (SSSR count). The number of hydrogen-bond donors (Lipinski definition) is 0. The Morgan fingerprint density at radius 1 is 1.20 bits per heavy atom. The number of anilines is 1. The number of amides is 1. The van der Waals surface area contributed by atoms with Crippen molar-refractivity contribution in [3.63, 3.8) is 0 Å². The van der Waals surface area contributed by atoms with Crippen LogP contribution in [0.25, 0.3) is 11.1 Å². The molecule has 2 atom stereocenters. The lowest BCUT2D eigenvalue weighted by molar-refractivity contribution is 0.0270. The molecule has 5 heterocycles. The standard InChI is InChI=1S/C23H30N4O3/c1-23(2,3)30-22(28)25-8-6-16(7-9-25)20-10-24-27-13-19(4-5-21(20)27)26-11-17-14-29-15-18(17)12-26/h4-6,10,13,17-18H,7-9,11-12,14-15H2,1-3H3/t17-,18+. The second kappa shape index (κ2) is 7.30. The van der Waals surface area contributed by atoms with Crippen LogP contribution in [0, 0.1) is 11.8 Å². The zero-order chi connectivity index (χ0) is 20.9. The topological polar surface area (TPSA) is 59.3 Å². The Kier molecular flexibility index (Phi) is 4.73. The Bertz CT molecular complexity index is 978. The van der Waals surface area contributed by atoms with Crippen LogP contribution in [-0.2, 0) is 9.47 Å². The van der Waals surface area contributed by atoms with Crippen molar-refractivity contribution in [3.05, 3.63) is 36.2 Å². The second-order valence-electron chi connectivity index (χ2n) is 9.64. The minimum atomic E-state index is -0.470. The fourth-order valence-electron chi connectivity index (χ4n) is 4.71. The van der Waals surface area contributed by atoms with E-state index in [1.54, 1.807) is 4.90 Å².